The second-order valence-electron chi connectivity index (χ2n) is 7.91. The maximum Gasteiger partial charge on any atom is 0.433 e. The van der Waals surface area contributed by atoms with Gasteiger partial charge in [0.2, 0.25) is 0 Å². The molecule has 26 heavy (non-hydrogen) atoms. The second kappa shape index (κ2) is 7.19. The Kier molecular flexibility index (Phi) is 5.73. The number of pyridine rings is 1. The van der Waals surface area contributed by atoms with Crippen molar-refractivity contribution in [2.24, 2.45) is 0 Å². The van der Waals surface area contributed by atoms with Crippen LogP contribution < -0.4 is 4.74 Å². The SMILES string of the molecule is COc1ccc2nc(C(F)(F)F)cc(CCO[Si](C)(C)C(C)(C)C)c2c1. The van der Waals surface area contributed by atoms with Crippen LogP contribution in [0.1, 0.15) is 32.0 Å². The lowest BCUT2D eigenvalue weighted by atomic mass is 10.0. The molecule has 0 bridgehead atoms. The first-order valence-corrected chi connectivity index (χ1v) is 11.4. The Balaban J connectivity index is 2.37. The van der Waals surface area contributed by atoms with Gasteiger partial charge in [-0.05, 0) is 54.4 Å². The van der Waals surface area contributed by atoms with E-state index in [4.69, 9.17) is 9.16 Å². The Morgan fingerprint density at radius 3 is 2.27 bits per heavy atom. The minimum atomic E-state index is -4.48. The van der Waals surface area contributed by atoms with Crippen molar-refractivity contribution in [2.75, 3.05) is 13.7 Å². The molecule has 0 N–H and O–H groups in total. The van der Waals surface area contributed by atoms with E-state index >= 15 is 0 Å². The quantitative estimate of drug-likeness (QED) is 0.607. The van der Waals surface area contributed by atoms with Crippen LogP contribution in [0.25, 0.3) is 10.9 Å². The minimum Gasteiger partial charge on any atom is -0.497 e. The molecule has 0 unspecified atom stereocenters. The second-order valence-corrected chi connectivity index (χ2v) is 12.7. The van der Waals surface area contributed by atoms with Crippen LogP contribution in [0.4, 0.5) is 13.2 Å². The fraction of sp³-hybridized carbons (Fsp3) is 0.526. The highest BCUT2D eigenvalue weighted by Gasteiger charge is 2.37. The van der Waals surface area contributed by atoms with Crippen molar-refractivity contribution in [3.63, 3.8) is 0 Å². The van der Waals surface area contributed by atoms with Gasteiger partial charge in [-0.1, -0.05) is 20.8 Å². The zero-order chi connectivity index (χ0) is 19.8. The third kappa shape index (κ3) is 4.56. The predicted molar refractivity (Wildman–Crippen MR) is 100 cm³/mol. The van der Waals surface area contributed by atoms with E-state index in [1.807, 2.05) is 0 Å². The lowest BCUT2D eigenvalue weighted by Gasteiger charge is -2.36. The molecule has 3 nitrogen and oxygen atoms in total. The Morgan fingerprint density at radius 2 is 1.73 bits per heavy atom. The first kappa shape index (κ1) is 20.7. The zero-order valence-corrected chi connectivity index (χ0v) is 17.1. The van der Waals surface area contributed by atoms with Gasteiger partial charge in [0.15, 0.2) is 8.32 Å². The Bertz CT molecular complexity index is 783. The standard InChI is InChI=1S/C19H26F3NO2Si/c1-18(2,3)26(5,6)25-10-9-13-11-17(19(20,21)22)23-16-8-7-14(24-4)12-15(13)16/h7-8,11-12H,9-10H2,1-6H3. The van der Waals surface area contributed by atoms with Gasteiger partial charge in [-0.3, -0.25) is 0 Å². The minimum absolute atomic E-state index is 0.0493. The van der Waals surface area contributed by atoms with Crippen molar-refractivity contribution < 1.29 is 22.3 Å². The van der Waals surface area contributed by atoms with Crippen LogP contribution >= 0.6 is 0 Å². The van der Waals surface area contributed by atoms with Gasteiger partial charge >= 0.3 is 6.18 Å². The monoisotopic (exact) mass is 385 g/mol. The van der Waals surface area contributed by atoms with Gasteiger partial charge in [-0.2, -0.15) is 13.2 Å². The third-order valence-corrected chi connectivity index (χ3v) is 9.57. The van der Waals surface area contributed by atoms with Crippen molar-refractivity contribution >= 4 is 19.2 Å². The van der Waals surface area contributed by atoms with Gasteiger partial charge in [0.05, 0.1) is 12.6 Å². The van der Waals surface area contributed by atoms with Gasteiger partial charge in [-0.15, -0.1) is 0 Å². The summed E-state index contributed by atoms with van der Waals surface area (Å²) < 4.78 is 50.9. The fourth-order valence-electron chi connectivity index (χ4n) is 2.39. The van der Waals surface area contributed by atoms with Crippen molar-refractivity contribution in [1.82, 2.24) is 4.98 Å². The van der Waals surface area contributed by atoms with E-state index < -0.39 is 20.2 Å². The lowest BCUT2D eigenvalue weighted by molar-refractivity contribution is -0.141. The molecular formula is C19H26F3NO2Si. The maximum absolute atomic E-state index is 13.2. The van der Waals surface area contributed by atoms with E-state index in [0.717, 1.165) is 6.07 Å². The van der Waals surface area contributed by atoms with Gasteiger partial charge in [0, 0.05) is 12.0 Å². The molecule has 0 aliphatic rings. The topological polar surface area (TPSA) is 31.4 Å². The lowest BCUT2D eigenvalue weighted by Crippen LogP contribution is -2.41. The molecule has 0 atom stereocenters. The third-order valence-electron chi connectivity index (χ3n) is 5.03. The molecule has 0 amide bonds. The molecule has 0 fully saturated rings. The predicted octanol–water partition coefficient (Wildman–Crippen LogP) is 5.83. The van der Waals surface area contributed by atoms with Crippen LogP contribution in [0, 0.1) is 0 Å². The highest BCUT2D eigenvalue weighted by molar-refractivity contribution is 6.74. The summed E-state index contributed by atoms with van der Waals surface area (Å²) in [7, 11) is -0.430. The summed E-state index contributed by atoms with van der Waals surface area (Å²) in [6, 6.07) is 6.02. The Morgan fingerprint density at radius 1 is 1.08 bits per heavy atom. The number of rotatable bonds is 5. The molecule has 0 spiro atoms. The molecule has 1 aromatic heterocycles. The van der Waals surface area contributed by atoms with Crippen LogP contribution in [0.2, 0.25) is 18.1 Å². The Hall–Kier alpha value is -1.60. The molecule has 0 saturated heterocycles. The number of nitrogens with zero attached hydrogens (tertiary/aromatic N) is 1. The van der Waals surface area contributed by atoms with Gasteiger partial charge < -0.3 is 9.16 Å². The highest BCUT2D eigenvalue weighted by atomic mass is 28.4. The summed E-state index contributed by atoms with van der Waals surface area (Å²) in [4.78, 5) is 3.77. The summed E-state index contributed by atoms with van der Waals surface area (Å²) in [5, 5.41) is 0.712. The molecular weight excluding hydrogens is 359 g/mol. The number of fused-ring (bicyclic) bond motifs is 1. The summed E-state index contributed by atoms with van der Waals surface area (Å²) in [6.07, 6.45) is -4.09. The molecule has 0 aliphatic heterocycles. The maximum atomic E-state index is 13.2. The van der Waals surface area contributed by atoms with E-state index in [1.54, 1.807) is 18.2 Å². The van der Waals surface area contributed by atoms with Crippen molar-refractivity contribution in [1.29, 1.82) is 0 Å². The normalized spacial score (nSPS) is 13.3. The first-order valence-electron chi connectivity index (χ1n) is 8.54. The first-order chi connectivity index (χ1) is 11.8. The number of hydrogen-bond donors (Lipinski definition) is 0. The van der Waals surface area contributed by atoms with Gasteiger partial charge in [0.1, 0.15) is 11.4 Å². The largest absolute Gasteiger partial charge is 0.497 e. The van der Waals surface area contributed by atoms with Crippen LogP contribution in [0.5, 0.6) is 5.75 Å². The summed E-state index contributed by atoms with van der Waals surface area (Å²) in [6.45, 7) is 11.0. The molecule has 1 aromatic carbocycles. The van der Waals surface area contributed by atoms with Crippen molar-refractivity contribution in [2.45, 2.75) is 51.5 Å². The van der Waals surface area contributed by atoms with E-state index in [1.165, 1.54) is 7.11 Å². The van der Waals surface area contributed by atoms with Crippen LogP contribution in [-0.2, 0) is 17.0 Å². The van der Waals surface area contributed by atoms with Crippen molar-refractivity contribution in [3.05, 3.63) is 35.5 Å². The summed E-state index contributed by atoms with van der Waals surface area (Å²) in [5.41, 5.74) is 0.000351. The van der Waals surface area contributed by atoms with E-state index in [-0.39, 0.29) is 5.04 Å². The molecule has 144 valence electrons. The van der Waals surface area contributed by atoms with Gasteiger partial charge in [-0.25, -0.2) is 4.98 Å². The van der Waals surface area contributed by atoms with Crippen molar-refractivity contribution in [3.8, 4) is 5.75 Å². The van der Waals surface area contributed by atoms with Crippen LogP contribution in [0.15, 0.2) is 24.3 Å². The molecule has 0 saturated carbocycles. The van der Waals surface area contributed by atoms with Crippen LogP contribution in [-0.4, -0.2) is 27.0 Å². The number of halogens is 3. The number of aromatic nitrogens is 1. The number of methoxy groups -OCH3 is 1. The molecule has 0 aliphatic carbocycles. The molecule has 7 heteroatoms. The zero-order valence-electron chi connectivity index (χ0n) is 16.1. The Labute approximate surface area is 153 Å². The number of benzene rings is 1. The van der Waals surface area contributed by atoms with E-state index in [2.05, 4.69) is 38.8 Å². The van der Waals surface area contributed by atoms with Crippen LogP contribution in [0.3, 0.4) is 0 Å². The summed E-state index contributed by atoms with van der Waals surface area (Å²) in [5.74, 6) is 0.589. The van der Waals surface area contributed by atoms with E-state index in [0.29, 0.717) is 35.2 Å². The number of alkyl halides is 3. The average molecular weight is 386 g/mol. The fourth-order valence-corrected chi connectivity index (χ4v) is 3.43. The number of hydrogen-bond acceptors (Lipinski definition) is 3. The number of ether oxygens (including phenoxy) is 1. The smallest absolute Gasteiger partial charge is 0.433 e. The van der Waals surface area contributed by atoms with E-state index in [9.17, 15) is 13.2 Å². The van der Waals surface area contributed by atoms with Gasteiger partial charge in [0.25, 0.3) is 0 Å². The molecule has 0 radical (unpaired) electrons. The highest BCUT2D eigenvalue weighted by Crippen LogP contribution is 2.37. The average Bonchev–Trinajstić information content (AvgIpc) is 2.52. The molecule has 1 heterocycles. The molecule has 2 aromatic rings. The summed E-state index contributed by atoms with van der Waals surface area (Å²) >= 11 is 0. The molecule has 2 rings (SSSR count).